The molecule has 17 heavy (non-hydrogen) atoms. The summed E-state index contributed by atoms with van der Waals surface area (Å²) in [5, 5.41) is 10.0. The van der Waals surface area contributed by atoms with Gasteiger partial charge in [-0.3, -0.25) is 4.98 Å². The Morgan fingerprint density at radius 1 is 1.18 bits per heavy atom. The van der Waals surface area contributed by atoms with Gasteiger partial charge in [0.05, 0.1) is 6.20 Å². The van der Waals surface area contributed by atoms with Gasteiger partial charge in [0.25, 0.3) is 0 Å². The number of benzene rings is 1. The predicted molar refractivity (Wildman–Crippen MR) is 61.1 cm³/mol. The van der Waals surface area contributed by atoms with Crippen molar-refractivity contribution < 1.29 is 13.9 Å². The maximum atomic E-state index is 13.4. The molecule has 84 valence electrons. The fraction of sp³-hybridized carbons (Fsp3) is 0. The lowest BCUT2D eigenvalue weighted by molar-refractivity contribution is 0.472. The number of aromatic hydroxyl groups is 1. The largest absolute Gasteiger partial charge is 0.506 e. The number of aromatic nitrogens is 1. The van der Waals surface area contributed by atoms with Crippen molar-refractivity contribution in [3.8, 4) is 17.1 Å². The Bertz CT molecular complexity index is 691. The lowest BCUT2D eigenvalue weighted by Gasteiger charge is -1.96. The second-order valence-corrected chi connectivity index (χ2v) is 3.70. The molecule has 0 aliphatic rings. The number of furan rings is 1. The molecule has 0 aliphatic carbocycles. The third-order valence-corrected chi connectivity index (χ3v) is 2.50. The molecular weight excluding hydrogens is 221 g/mol. The van der Waals surface area contributed by atoms with Crippen molar-refractivity contribution in [3.05, 3.63) is 48.5 Å². The van der Waals surface area contributed by atoms with Crippen LogP contribution >= 0.6 is 0 Å². The summed E-state index contributed by atoms with van der Waals surface area (Å²) in [5.74, 6) is 0.124. The van der Waals surface area contributed by atoms with E-state index in [2.05, 4.69) is 4.98 Å². The van der Waals surface area contributed by atoms with Crippen molar-refractivity contribution in [2.24, 2.45) is 0 Å². The fourth-order valence-electron chi connectivity index (χ4n) is 1.73. The van der Waals surface area contributed by atoms with Gasteiger partial charge in [-0.05, 0) is 18.2 Å². The molecule has 3 rings (SSSR count). The molecule has 3 nitrogen and oxygen atoms in total. The minimum absolute atomic E-state index is 0.0448. The maximum Gasteiger partial charge on any atom is 0.170 e. The minimum Gasteiger partial charge on any atom is -0.506 e. The van der Waals surface area contributed by atoms with E-state index < -0.39 is 5.82 Å². The second kappa shape index (κ2) is 3.59. The highest BCUT2D eigenvalue weighted by molar-refractivity contribution is 5.83. The van der Waals surface area contributed by atoms with Gasteiger partial charge in [-0.2, -0.15) is 0 Å². The average Bonchev–Trinajstić information content (AvgIpc) is 2.74. The van der Waals surface area contributed by atoms with Gasteiger partial charge >= 0.3 is 0 Å². The molecule has 2 heterocycles. The van der Waals surface area contributed by atoms with Crippen LogP contribution in [0.4, 0.5) is 4.39 Å². The third kappa shape index (κ3) is 1.63. The highest BCUT2D eigenvalue weighted by atomic mass is 19.1. The Balaban J connectivity index is 2.22. The topological polar surface area (TPSA) is 46.3 Å². The van der Waals surface area contributed by atoms with Gasteiger partial charge in [0.15, 0.2) is 11.4 Å². The molecule has 0 bridgehead atoms. The number of halogens is 1. The smallest absolute Gasteiger partial charge is 0.170 e. The molecule has 0 radical (unpaired) electrons. The zero-order valence-corrected chi connectivity index (χ0v) is 8.72. The van der Waals surface area contributed by atoms with Crippen LogP contribution in [0, 0.1) is 5.82 Å². The van der Waals surface area contributed by atoms with Crippen molar-refractivity contribution in [1.82, 2.24) is 4.98 Å². The van der Waals surface area contributed by atoms with Gasteiger partial charge in [-0.1, -0.05) is 12.1 Å². The molecule has 0 atom stereocenters. The highest BCUT2D eigenvalue weighted by Crippen LogP contribution is 2.30. The van der Waals surface area contributed by atoms with E-state index in [1.807, 2.05) is 0 Å². The first-order valence-corrected chi connectivity index (χ1v) is 5.06. The van der Waals surface area contributed by atoms with Crippen molar-refractivity contribution in [2.45, 2.75) is 0 Å². The summed E-state index contributed by atoms with van der Waals surface area (Å²) in [5.41, 5.74) is 0.825. The number of pyridine rings is 1. The Kier molecular flexibility index (Phi) is 2.08. The molecule has 0 spiro atoms. The summed E-state index contributed by atoms with van der Waals surface area (Å²) in [6.07, 6.45) is 2.88. The summed E-state index contributed by atoms with van der Waals surface area (Å²) in [6.45, 7) is 0. The van der Waals surface area contributed by atoms with Crippen LogP contribution in [-0.4, -0.2) is 10.1 Å². The lowest BCUT2D eigenvalue weighted by atomic mass is 10.2. The van der Waals surface area contributed by atoms with Gasteiger partial charge in [0, 0.05) is 17.1 Å². The van der Waals surface area contributed by atoms with E-state index in [1.54, 1.807) is 24.4 Å². The maximum absolute atomic E-state index is 13.4. The van der Waals surface area contributed by atoms with E-state index >= 15 is 0 Å². The predicted octanol–water partition coefficient (Wildman–Crippen LogP) is 3.34. The van der Waals surface area contributed by atoms with E-state index in [0.29, 0.717) is 16.7 Å². The quantitative estimate of drug-likeness (QED) is 0.696. The zero-order chi connectivity index (χ0) is 11.8. The first-order chi connectivity index (χ1) is 8.24. The van der Waals surface area contributed by atoms with E-state index in [4.69, 9.17) is 4.42 Å². The van der Waals surface area contributed by atoms with Crippen molar-refractivity contribution in [2.75, 3.05) is 0 Å². The first-order valence-electron chi connectivity index (χ1n) is 5.06. The standard InChI is InChI=1S/C13H8FNO2/c14-11-3-1-2-8-5-12(17-13(8)11)9-4-10(16)7-15-6-9/h1-7,16H. The van der Waals surface area contributed by atoms with Crippen LogP contribution in [0.1, 0.15) is 0 Å². The third-order valence-electron chi connectivity index (χ3n) is 2.50. The molecule has 2 aromatic heterocycles. The van der Waals surface area contributed by atoms with Crippen LogP contribution in [0.15, 0.2) is 47.1 Å². The number of para-hydroxylation sites is 1. The number of rotatable bonds is 1. The summed E-state index contributed by atoms with van der Waals surface area (Å²) >= 11 is 0. The van der Waals surface area contributed by atoms with Crippen LogP contribution in [0.25, 0.3) is 22.3 Å². The average molecular weight is 229 g/mol. The highest BCUT2D eigenvalue weighted by Gasteiger charge is 2.10. The van der Waals surface area contributed by atoms with Crippen LogP contribution in [0.2, 0.25) is 0 Å². The molecule has 1 N–H and O–H groups in total. The molecule has 1 aromatic carbocycles. The number of hydrogen-bond donors (Lipinski definition) is 1. The zero-order valence-electron chi connectivity index (χ0n) is 8.72. The van der Waals surface area contributed by atoms with Gasteiger partial charge in [-0.25, -0.2) is 4.39 Å². The van der Waals surface area contributed by atoms with E-state index in [1.165, 1.54) is 18.3 Å². The molecule has 0 saturated heterocycles. The molecule has 3 aromatic rings. The summed E-state index contributed by atoms with van der Waals surface area (Å²) in [6, 6.07) is 7.97. The van der Waals surface area contributed by atoms with E-state index in [9.17, 15) is 9.50 Å². The fourth-order valence-corrected chi connectivity index (χ4v) is 1.73. The molecular formula is C13H8FNO2. The summed E-state index contributed by atoms with van der Waals surface area (Å²) in [7, 11) is 0. The Labute approximate surface area is 96.1 Å². The van der Waals surface area contributed by atoms with E-state index in [0.717, 1.165) is 0 Å². The molecule has 0 saturated carbocycles. The lowest BCUT2D eigenvalue weighted by Crippen LogP contribution is -1.76. The SMILES string of the molecule is Oc1cncc(-c2cc3cccc(F)c3o2)c1. The summed E-state index contributed by atoms with van der Waals surface area (Å²) in [4.78, 5) is 3.85. The van der Waals surface area contributed by atoms with Gasteiger partial charge in [0.1, 0.15) is 11.5 Å². The Morgan fingerprint density at radius 2 is 2.06 bits per heavy atom. The normalized spacial score (nSPS) is 10.9. The second-order valence-electron chi connectivity index (χ2n) is 3.70. The van der Waals surface area contributed by atoms with Crippen LogP contribution < -0.4 is 0 Å². The first kappa shape index (κ1) is 9.84. The van der Waals surface area contributed by atoms with Crippen molar-refractivity contribution in [3.63, 3.8) is 0 Å². The van der Waals surface area contributed by atoms with E-state index in [-0.39, 0.29) is 11.3 Å². The Morgan fingerprint density at radius 3 is 2.82 bits per heavy atom. The van der Waals surface area contributed by atoms with Crippen molar-refractivity contribution >= 4 is 11.0 Å². The minimum atomic E-state index is -0.401. The van der Waals surface area contributed by atoms with Crippen LogP contribution in [0.3, 0.4) is 0 Å². The van der Waals surface area contributed by atoms with Gasteiger partial charge in [-0.15, -0.1) is 0 Å². The monoisotopic (exact) mass is 229 g/mol. The van der Waals surface area contributed by atoms with Gasteiger partial charge in [0.2, 0.25) is 0 Å². The summed E-state index contributed by atoms with van der Waals surface area (Å²) < 4.78 is 18.8. The molecule has 0 fully saturated rings. The molecule has 0 aliphatic heterocycles. The van der Waals surface area contributed by atoms with Crippen molar-refractivity contribution in [1.29, 1.82) is 0 Å². The number of hydrogen-bond acceptors (Lipinski definition) is 3. The molecule has 0 unspecified atom stereocenters. The molecule has 0 amide bonds. The van der Waals surface area contributed by atoms with Crippen LogP contribution in [0.5, 0.6) is 5.75 Å². The molecule has 4 heteroatoms. The van der Waals surface area contributed by atoms with Crippen LogP contribution in [-0.2, 0) is 0 Å². The number of fused-ring (bicyclic) bond motifs is 1. The van der Waals surface area contributed by atoms with Gasteiger partial charge < -0.3 is 9.52 Å². The number of nitrogens with zero attached hydrogens (tertiary/aromatic N) is 1. The Hall–Kier alpha value is -2.36.